The number of rotatable bonds is 4. The Labute approximate surface area is 121 Å². The number of aryl methyl sites for hydroxylation is 1. The molecule has 20 heavy (non-hydrogen) atoms. The Bertz CT molecular complexity index is 741. The number of nitrogens with zero attached hydrogens (tertiary/aromatic N) is 3. The molecule has 102 valence electrons. The van der Waals surface area contributed by atoms with Crippen LogP contribution in [0.15, 0.2) is 40.9 Å². The lowest BCUT2D eigenvalue weighted by Crippen LogP contribution is -1.97. The minimum Gasteiger partial charge on any atom is -0.344 e. The van der Waals surface area contributed by atoms with Gasteiger partial charge in [0.1, 0.15) is 0 Å². The number of hydrogen-bond acceptors (Lipinski definition) is 4. The van der Waals surface area contributed by atoms with E-state index in [-0.39, 0.29) is 0 Å². The fourth-order valence-electron chi connectivity index (χ4n) is 2.46. The molecule has 0 amide bonds. The van der Waals surface area contributed by atoms with Crippen molar-refractivity contribution in [1.29, 1.82) is 0 Å². The Morgan fingerprint density at radius 3 is 3.00 bits per heavy atom. The first-order valence-corrected chi connectivity index (χ1v) is 7.45. The van der Waals surface area contributed by atoms with Gasteiger partial charge in [-0.1, -0.05) is 18.2 Å². The molecule has 0 atom stereocenters. The normalized spacial score (nSPS) is 11.5. The van der Waals surface area contributed by atoms with Gasteiger partial charge in [-0.2, -0.15) is 5.10 Å². The number of thiazole rings is 1. The Morgan fingerprint density at radius 1 is 1.40 bits per heavy atom. The van der Waals surface area contributed by atoms with E-state index in [1.807, 2.05) is 11.6 Å². The molecular weight excluding hydrogens is 268 g/mol. The lowest BCUT2D eigenvalue weighted by molar-refractivity contribution is 0.769. The molecule has 0 aliphatic rings. The van der Waals surface area contributed by atoms with Crippen LogP contribution in [0.1, 0.15) is 18.2 Å². The van der Waals surface area contributed by atoms with Crippen molar-refractivity contribution in [3.8, 4) is 0 Å². The van der Waals surface area contributed by atoms with Crippen molar-refractivity contribution in [3.63, 3.8) is 0 Å². The molecule has 0 aliphatic carbocycles. The summed E-state index contributed by atoms with van der Waals surface area (Å²) < 4.78 is 2.31. The van der Waals surface area contributed by atoms with Gasteiger partial charge in [-0.05, 0) is 19.9 Å². The second-order valence-electron chi connectivity index (χ2n) is 4.47. The first kappa shape index (κ1) is 12.9. The molecule has 0 fully saturated rings. The van der Waals surface area contributed by atoms with E-state index in [2.05, 4.69) is 58.2 Å². The van der Waals surface area contributed by atoms with Crippen LogP contribution in [-0.2, 0) is 6.54 Å². The van der Waals surface area contributed by atoms with E-state index in [1.165, 1.54) is 27.9 Å². The topological polar surface area (TPSA) is 42.2 Å². The number of anilines is 1. The maximum Gasteiger partial charge on any atom is 0.203 e. The molecule has 0 aliphatic heterocycles. The molecule has 0 saturated heterocycles. The average Bonchev–Trinajstić information content (AvgIpc) is 3.06. The van der Waals surface area contributed by atoms with Crippen LogP contribution in [0.25, 0.3) is 10.9 Å². The molecule has 2 aromatic heterocycles. The molecule has 0 spiro atoms. The maximum absolute atomic E-state index is 4.30. The van der Waals surface area contributed by atoms with Gasteiger partial charge in [0.25, 0.3) is 0 Å². The molecule has 3 aromatic rings. The summed E-state index contributed by atoms with van der Waals surface area (Å²) in [7, 11) is 0. The Hall–Kier alpha value is -2.14. The second kappa shape index (κ2) is 5.46. The van der Waals surface area contributed by atoms with E-state index in [0.29, 0.717) is 0 Å². The highest BCUT2D eigenvalue weighted by atomic mass is 32.1. The minimum absolute atomic E-state index is 0.804. The first-order valence-electron chi connectivity index (χ1n) is 6.57. The molecule has 1 N–H and O–H groups in total. The van der Waals surface area contributed by atoms with Crippen LogP contribution in [0.3, 0.4) is 0 Å². The van der Waals surface area contributed by atoms with Crippen LogP contribution >= 0.6 is 11.3 Å². The monoisotopic (exact) mass is 284 g/mol. The van der Waals surface area contributed by atoms with Crippen LogP contribution in [0.4, 0.5) is 5.13 Å². The zero-order chi connectivity index (χ0) is 13.9. The van der Waals surface area contributed by atoms with Crippen LogP contribution in [0, 0.1) is 6.92 Å². The number of aromatic nitrogens is 2. The van der Waals surface area contributed by atoms with E-state index in [9.17, 15) is 0 Å². The summed E-state index contributed by atoms with van der Waals surface area (Å²) in [5.74, 6) is 0. The van der Waals surface area contributed by atoms with E-state index in [1.54, 1.807) is 6.20 Å². The zero-order valence-electron chi connectivity index (χ0n) is 11.5. The van der Waals surface area contributed by atoms with Gasteiger partial charge in [-0.25, -0.2) is 4.98 Å². The number of para-hydroxylation sites is 1. The van der Waals surface area contributed by atoms with Gasteiger partial charge in [0.2, 0.25) is 5.13 Å². The molecule has 0 unspecified atom stereocenters. The van der Waals surface area contributed by atoms with Gasteiger partial charge < -0.3 is 4.57 Å². The molecule has 0 radical (unpaired) electrons. The van der Waals surface area contributed by atoms with E-state index < -0.39 is 0 Å². The molecule has 4 nitrogen and oxygen atoms in total. The molecular formula is C15H16N4S. The lowest BCUT2D eigenvalue weighted by Gasteiger charge is -2.03. The van der Waals surface area contributed by atoms with Crippen molar-refractivity contribution in [2.75, 3.05) is 5.43 Å². The zero-order valence-corrected chi connectivity index (χ0v) is 12.3. The highest BCUT2D eigenvalue weighted by molar-refractivity contribution is 7.13. The fraction of sp³-hybridized carbons (Fsp3) is 0.200. The summed E-state index contributed by atoms with van der Waals surface area (Å²) in [6.45, 7) is 5.25. The minimum atomic E-state index is 0.804. The lowest BCUT2D eigenvalue weighted by atomic mass is 10.1. The standard InChI is InChI=1S/C15H16N4S/c1-3-19-11(2)13(12-6-4-5-7-14(12)19)10-17-18-15-16-8-9-20-15/h4-10H,3H2,1-2H3,(H,16,18)/b17-10-. The number of nitrogens with one attached hydrogen (secondary N) is 1. The van der Waals surface area contributed by atoms with Gasteiger partial charge >= 0.3 is 0 Å². The number of hydrogen-bond donors (Lipinski definition) is 1. The molecule has 0 saturated carbocycles. The summed E-state index contributed by atoms with van der Waals surface area (Å²) in [5, 5.41) is 8.26. The van der Waals surface area contributed by atoms with Gasteiger partial charge in [0, 0.05) is 40.3 Å². The summed E-state index contributed by atoms with van der Waals surface area (Å²) >= 11 is 1.53. The third kappa shape index (κ3) is 2.20. The highest BCUT2D eigenvalue weighted by Crippen LogP contribution is 2.24. The van der Waals surface area contributed by atoms with E-state index >= 15 is 0 Å². The summed E-state index contributed by atoms with van der Waals surface area (Å²) in [4.78, 5) is 4.14. The molecule has 1 aromatic carbocycles. The maximum atomic E-state index is 4.30. The summed E-state index contributed by atoms with van der Waals surface area (Å²) in [5.41, 5.74) is 6.61. The first-order chi connectivity index (χ1) is 9.81. The summed E-state index contributed by atoms with van der Waals surface area (Å²) in [6, 6.07) is 8.42. The van der Waals surface area contributed by atoms with Crippen molar-refractivity contribution >= 4 is 33.6 Å². The van der Waals surface area contributed by atoms with Gasteiger partial charge in [-0.15, -0.1) is 11.3 Å². The molecule has 0 bridgehead atoms. The van der Waals surface area contributed by atoms with Gasteiger partial charge in [0.15, 0.2) is 0 Å². The Balaban J connectivity index is 1.98. The fourth-order valence-corrected chi connectivity index (χ4v) is 2.94. The van der Waals surface area contributed by atoms with Crippen LogP contribution in [0.5, 0.6) is 0 Å². The Morgan fingerprint density at radius 2 is 2.25 bits per heavy atom. The van der Waals surface area contributed by atoms with E-state index in [0.717, 1.165) is 17.2 Å². The number of benzene rings is 1. The van der Waals surface area contributed by atoms with Crippen LogP contribution in [0.2, 0.25) is 0 Å². The number of fused-ring (bicyclic) bond motifs is 1. The van der Waals surface area contributed by atoms with Crippen molar-refractivity contribution in [2.45, 2.75) is 20.4 Å². The molecule has 3 rings (SSSR count). The SMILES string of the molecule is CCn1c(C)c(/C=N\Nc2nccs2)c2ccccc21. The highest BCUT2D eigenvalue weighted by Gasteiger charge is 2.10. The van der Waals surface area contributed by atoms with Crippen molar-refractivity contribution in [2.24, 2.45) is 5.10 Å². The second-order valence-corrected chi connectivity index (χ2v) is 5.36. The Kier molecular flexibility index (Phi) is 3.52. The molecule has 5 heteroatoms. The summed E-state index contributed by atoms with van der Waals surface area (Å²) in [6.07, 6.45) is 3.64. The molecule has 2 heterocycles. The largest absolute Gasteiger partial charge is 0.344 e. The van der Waals surface area contributed by atoms with Crippen LogP contribution < -0.4 is 5.43 Å². The number of hydrazone groups is 1. The van der Waals surface area contributed by atoms with Crippen molar-refractivity contribution in [3.05, 3.63) is 47.1 Å². The quantitative estimate of drug-likeness (QED) is 0.583. The van der Waals surface area contributed by atoms with Crippen molar-refractivity contribution in [1.82, 2.24) is 9.55 Å². The van der Waals surface area contributed by atoms with Gasteiger partial charge in [0.05, 0.1) is 6.21 Å². The van der Waals surface area contributed by atoms with Crippen molar-refractivity contribution < 1.29 is 0 Å². The average molecular weight is 284 g/mol. The predicted molar refractivity (Wildman–Crippen MR) is 85.7 cm³/mol. The predicted octanol–water partition coefficient (Wildman–Crippen LogP) is 3.87. The smallest absolute Gasteiger partial charge is 0.203 e. The van der Waals surface area contributed by atoms with Crippen LogP contribution in [-0.4, -0.2) is 15.8 Å². The third-order valence-corrected chi connectivity index (χ3v) is 4.06. The third-order valence-electron chi connectivity index (χ3n) is 3.38. The van der Waals surface area contributed by atoms with E-state index in [4.69, 9.17) is 0 Å². The van der Waals surface area contributed by atoms with Gasteiger partial charge in [-0.3, -0.25) is 5.43 Å².